The van der Waals surface area contributed by atoms with Crippen LogP contribution in [0.2, 0.25) is 0 Å². The van der Waals surface area contributed by atoms with Crippen molar-refractivity contribution in [1.29, 1.82) is 0 Å². The first kappa shape index (κ1) is 22.1. The summed E-state index contributed by atoms with van der Waals surface area (Å²) >= 11 is 0. The number of hydrogen-bond donors (Lipinski definition) is 2. The number of esters is 2. The highest BCUT2D eigenvalue weighted by molar-refractivity contribution is 5.78. The quantitative estimate of drug-likeness (QED) is 0.444. The zero-order valence-electron chi connectivity index (χ0n) is 16.4. The molecular weight excluding hydrogens is 364 g/mol. The van der Waals surface area contributed by atoms with E-state index in [1.165, 1.54) is 0 Å². The summed E-state index contributed by atoms with van der Waals surface area (Å²) in [6, 6.07) is -0.448. The van der Waals surface area contributed by atoms with Crippen LogP contribution in [0, 0.1) is 0 Å². The molecule has 0 aromatic rings. The third-order valence-corrected chi connectivity index (χ3v) is 5.02. The average Bonchev–Trinajstić information content (AvgIpc) is 3.16. The first-order valence-electron chi connectivity index (χ1n) is 10.2. The summed E-state index contributed by atoms with van der Waals surface area (Å²) < 4.78 is 10.3. The molecule has 0 aliphatic carbocycles. The van der Waals surface area contributed by atoms with E-state index in [0.717, 1.165) is 6.42 Å². The smallest absolute Gasteiger partial charge is 0.365 e. The maximum absolute atomic E-state index is 12.5. The van der Waals surface area contributed by atoms with Crippen LogP contribution >= 0.6 is 0 Å². The molecule has 28 heavy (non-hydrogen) atoms. The largest absolute Gasteiger partial charge is 0.461 e. The van der Waals surface area contributed by atoms with Gasteiger partial charge in [-0.3, -0.25) is 14.5 Å². The molecule has 0 spiro atoms. The van der Waals surface area contributed by atoms with Crippen LogP contribution < -0.4 is 10.2 Å². The van der Waals surface area contributed by atoms with E-state index in [1.54, 1.807) is 12.2 Å². The number of rotatable bonds is 0. The fraction of sp³-hybridized carbons (Fsp3) is 0.700. The van der Waals surface area contributed by atoms with E-state index < -0.39 is 6.04 Å². The highest BCUT2D eigenvalue weighted by atomic mass is 16.5. The molecule has 156 valence electrons. The predicted molar refractivity (Wildman–Crippen MR) is 100 cm³/mol. The Labute approximate surface area is 165 Å². The Bertz CT molecular complexity index is 589. The number of hydrogen-bond acceptors (Lipinski definition) is 6. The Kier molecular flexibility index (Phi) is 9.68. The minimum absolute atomic E-state index is 0.0215. The van der Waals surface area contributed by atoms with E-state index in [0.29, 0.717) is 69.4 Å². The van der Waals surface area contributed by atoms with Gasteiger partial charge in [0, 0.05) is 32.2 Å². The SMILES string of the molecule is O=C1CCCCC(=O)[NH+]2CCCC2C(=O)OCC=CCOC(=O)CCCCN1. The Balaban J connectivity index is 1.88. The lowest BCUT2D eigenvalue weighted by Gasteiger charge is -2.17. The zero-order chi connectivity index (χ0) is 20.2. The number of carbonyl (C=O) groups is 4. The van der Waals surface area contributed by atoms with E-state index in [-0.39, 0.29) is 37.0 Å². The van der Waals surface area contributed by atoms with Gasteiger partial charge in [0.05, 0.1) is 13.0 Å². The molecule has 2 unspecified atom stereocenters. The van der Waals surface area contributed by atoms with Gasteiger partial charge in [0.25, 0.3) is 0 Å². The first-order valence-corrected chi connectivity index (χ1v) is 10.2. The molecule has 0 bridgehead atoms. The number of ether oxygens (including phenoxy) is 2. The number of amides is 2. The Morgan fingerprint density at radius 1 is 0.857 bits per heavy atom. The third kappa shape index (κ3) is 7.80. The third-order valence-electron chi connectivity index (χ3n) is 5.02. The molecule has 8 nitrogen and oxygen atoms in total. The molecule has 2 heterocycles. The molecule has 2 atom stereocenters. The van der Waals surface area contributed by atoms with E-state index in [4.69, 9.17) is 9.47 Å². The lowest BCUT2D eigenvalue weighted by atomic mass is 10.1. The number of carbonyl (C=O) groups excluding carboxylic acids is 4. The minimum atomic E-state index is -0.448. The average molecular weight is 395 g/mol. The van der Waals surface area contributed by atoms with Gasteiger partial charge in [0.1, 0.15) is 13.2 Å². The Hall–Kier alpha value is -2.22. The first-order chi connectivity index (χ1) is 13.6. The number of quaternary nitrogens is 1. The molecule has 0 saturated carbocycles. The predicted octanol–water partition coefficient (Wildman–Crippen LogP) is 0.0634. The van der Waals surface area contributed by atoms with E-state index in [2.05, 4.69) is 5.32 Å². The number of nitrogens with one attached hydrogen (secondary N) is 2. The van der Waals surface area contributed by atoms with Gasteiger partial charge >= 0.3 is 17.8 Å². The fourth-order valence-corrected chi connectivity index (χ4v) is 3.46. The van der Waals surface area contributed by atoms with Crippen molar-refractivity contribution in [3.63, 3.8) is 0 Å². The van der Waals surface area contributed by atoms with Crippen molar-refractivity contribution >= 4 is 23.8 Å². The van der Waals surface area contributed by atoms with Crippen LogP contribution in [0.25, 0.3) is 0 Å². The molecule has 2 amide bonds. The fourth-order valence-electron chi connectivity index (χ4n) is 3.46. The van der Waals surface area contributed by atoms with E-state index in [9.17, 15) is 19.2 Å². The standard InChI is InChI=1S/C20H30N2O6/c23-17-9-1-2-10-18(24)22-13-7-8-16(22)20(26)28-15-6-5-14-27-19(25)11-3-4-12-21-17/h5-6,16H,1-4,7-15H2,(H,21,23)/p+1. The van der Waals surface area contributed by atoms with Crippen molar-refractivity contribution in [3.8, 4) is 0 Å². The summed E-state index contributed by atoms with van der Waals surface area (Å²) in [5.41, 5.74) is 0. The molecule has 8 heteroatoms. The van der Waals surface area contributed by atoms with Crippen LogP contribution in [0.15, 0.2) is 12.2 Å². The molecule has 0 aromatic heterocycles. The highest BCUT2D eigenvalue weighted by Crippen LogP contribution is 2.06. The minimum Gasteiger partial charge on any atom is -0.461 e. The van der Waals surface area contributed by atoms with Crippen molar-refractivity contribution in [1.82, 2.24) is 5.32 Å². The maximum atomic E-state index is 12.5. The van der Waals surface area contributed by atoms with Gasteiger partial charge in [-0.15, -0.1) is 0 Å². The van der Waals surface area contributed by atoms with Crippen LogP contribution in [-0.2, 0) is 28.7 Å². The molecule has 0 radical (unpaired) electrons. The molecule has 2 N–H and O–H groups in total. The summed E-state index contributed by atoms with van der Waals surface area (Å²) in [4.78, 5) is 48.8. The van der Waals surface area contributed by atoms with Gasteiger partial charge in [0.2, 0.25) is 5.91 Å². The van der Waals surface area contributed by atoms with Gasteiger partial charge in [-0.1, -0.05) is 0 Å². The Morgan fingerprint density at radius 3 is 2.39 bits per heavy atom. The monoisotopic (exact) mass is 395 g/mol. The van der Waals surface area contributed by atoms with Crippen molar-refractivity contribution in [2.75, 3.05) is 26.3 Å². The van der Waals surface area contributed by atoms with Crippen molar-refractivity contribution < 1.29 is 33.6 Å². The summed E-state index contributed by atoms with van der Waals surface area (Å²) in [5.74, 6) is -0.676. The van der Waals surface area contributed by atoms with Crippen LogP contribution in [-0.4, -0.2) is 56.1 Å². The van der Waals surface area contributed by atoms with Gasteiger partial charge in [-0.25, -0.2) is 9.59 Å². The summed E-state index contributed by atoms with van der Waals surface area (Å²) in [5, 5.41) is 2.83. The molecule has 1 saturated heterocycles. The van der Waals surface area contributed by atoms with Crippen molar-refractivity contribution in [3.05, 3.63) is 12.2 Å². The maximum Gasteiger partial charge on any atom is 0.365 e. The molecule has 0 aromatic carbocycles. The summed E-state index contributed by atoms with van der Waals surface area (Å²) in [7, 11) is 0. The molecular formula is C20H31N2O6+. The second-order valence-electron chi connectivity index (χ2n) is 7.19. The van der Waals surface area contributed by atoms with Gasteiger partial charge < -0.3 is 14.8 Å². The molecule has 2 rings (SSSR count). The second-order valence-corrected chi connectivity index (χ2v) is 7.19. The molecule has 2 aliphatic heterocycles. The normalized spacial score (nSPS) is 27.1. The van der Waals surface area contributed by atoms with Gasteiger partial charge in [-0.05, 0) is 37.8 Å². The van der Waals surface area contributed by atoms with Crippen LogP contribution in [0.1, 0.15) is 57.8 Å². The van der Waals surface area contributed by atoms with Gasteiger partial charge in [-0.2, -0.15) is 0 Å². The molecule has 1 fully saturated rings. The van der Waals surface area contributed by atoms with Crippen molar-refractivity contribution in [2.45, 2.75) is 63.8 Å². The van der Waals surface area contributed by atoms with E-state index >= 15 is 0 Å². The van der Waals surface area contributed by atoms with Crippen molar-refractivity contribution in [2.24, 2.45) is 0 Å². The van der Waals surface area contributed by atoms with Crippen LogP contribution in [0.3, 0.4) is 0 Å². The molecule has 2 aliphatic rings. The second kappa shape index (κ2) is 12.3. The van der Waals surface area contributed by atoms with Crippen LogP contribution in [0.4, 0.5) is 0 Å². The number of cyclic esters (lactones) is 2. The van der Waals surface area contributed by atoms with Gasteiger partial charge in [0.15, 0.2) is 6.04 Å². The zero-order valence-corrected chi connectivity index (χ0v) is 16.4. The van der Waals surface area contributed by atoms with E-state index in [1.807, 2.05) is 0 Å². The lowest BCUT2D eigenvalue weighted by Crippen LogP contribution is -3.17. The highest BCUT2D eigenvalue weighted by Gasteiger charge is 2.40. The summed E-state index contributed by atoms with van der Waals surface area (Å²) in [6.07, 6.45) is 8.41. The topological polar surface area (TPSA) is 103 Å². The summed E-state index contributed by atoms with van der Waals surface area (Å²) in [6.45, 7) is 1.41. The number of fused-ring (bicyclic) bond motifs is 1. The Morgan fingerprint density at radius 2 is 1.57 bits per heavy atom. The van der Waals surface area contributed by atoms with Crippen LogP contribution in [0.5, 0.6) is 0 Å². The lowest BCUT2D eigenvalue weighted by molar-refractivity contribution is -0.824.